The molecule has 0 aromatic heterocycles. The number of halogens is 1. The van der Waals surface area contributed by atoms with Gasteiger partial charge in [-0.3, -0.25) is 9.79 Å². The van der Waals surface area contributed by atoms with Crippen LogP contribution in [0.25, 0.3) is 0 Å². The number of amides is 1. The number of nitrogens with zero attached hydrogens (tertiary/aromatic N) is 2. The van der Waals surface area contributed by atoms with E-state index in [9.17, 15) is 4.79 Å². The van der Waals surface area contributed by atoms with Crippen molar-refractivity contribution in [1.29, 1.82) is 0 Å². The van der Waals surface area contributed by atoms with Crippen LogP contribution < -0.4 is 20.1 Å². The predicted octanol–water partition coefficient (Wildman–Crippen LogP) is 4.02. The minimum absolute atomic E-state index is 0. The minimum Gasteiger partial charge on any atom is -0.493 e. The summed E-state index contributed by atoms with van der Waals surface area (Å²) in [4.78, 5) is 18.7. The highest BCUT2D eigenvalue weighted by molar-refractivity contribution is 14.0. The number of aliphatic imine (C=N–C) groups is 1. The molecule has 1 aliphatic heterocycles. The van der Waals surface area contributed by atoms with E-state index in [4.69, 9.17) is 9.47 Å². The average Bonchev–Trinajstić information content (AvgIpc) is 3.21. The van der Waals surface area contributed by atoms with Gasteiger partial charge in [0.05, 0.1) is 13.7 Å². The smallest absolute Gasteiger partial charge is 0.223 e. The number of ether oxygens (including phenoxy) is 2. The first-order valence-corrected chi connectivity index (χ1v) is 10.3. The molecule has 1 heterocycles. The van der Waals surface area contributed by atoms with Gasteiger partial charge in [0, 0.05) is 44.9 Å². The van der Waals surface area contributed by atoms with Crippen molar-refractivity contribution in [3.8, 4) is 11.5 Å². The van der Waals surface area contributed by atoms with Crippen LogP contribution in [0.1, 0.15) is 30.9 Å². The molecule has 1 amide bonds. The lowest BCUT2D eigenvalue weighted by atomic mass is 10.1. The Morgan fingerprint density at radius 3 is 2.45 bits per heavy atom. The number of nitrogens with one attached hydrogen (secondary N) is 2. The highest BCUT2D eigenvalue weighted by atomic mass is 127. The molecule has 2 aromatic carbocycles. The number of benzene rings is 2. The Balaban J connectivity index is 0.00000341. The molecule has 0 bridgehead atoms. The van der Waals surface area contributed by atoms with Gasteiger partial charge in [0.1, 0.15) is 0 Å². The van der Waals surface area contributed by atoms with Crippen LogP contribution in [0.5, 0.6) is 11.5 Å². The van der Waals surface area contributed by atoms with Gasteiger partial charge < -0.3 is 25.0 Å². The van der Waals surface area contributed by atoms with Gasteiger partial charge in [0.2, 0.25) is 5.91 Å². The number of methoxy groups -OCH3 is 1. The largest absolute Gasteiger partial charge is 0.493 e. The molecule has 0 aliphatic carbocycles. The number of guanidine groups is 1. The maximum Gasteiger partial charge on any atom is 0.223 e. The summed E-state index contributed by atoms with van der Waals surface area (Å²) in [6, 6.07) is 13.9. The van der Waals surface area contributed by atoms with Gasteiger partial charge in [-0.05, 0) is 36.6 Å². The first kappa shape index (κ1) is 24.8. The van der Waals surface area contributed by atoms with Gasteiger partial charge >= 0.3 is 0 Å². The molecule has 0 radical (unpaired) electrons. The second kappa shape index (κ2) is 12.4. The Bertz CT molecular complexity index is 879. The Hall–Kier alpha value is -2.49. The molecule has 3 rings (SSSR count). The lowest BCUT2D eigenvalue weighted by molar-refractivity contribution is -0.131. The summed E-state index contributed by atoms with van der Waals surface area (Å²) >= 11 is 0. The van der Waals surface area contributed by atoms with E-state index in [2.05, 4.69) is 27.8 Å². The Kier molecular flexibility index (Phi) is 9.90. The normalized spacial score (nSPS) is 12.6. The molecule has 2 N–H and O–H groups in total. The van der Waals surface area contributed by atoms with E-state index in [-0.39, 0.29) is 29.9 Å². The Morgan fingerprint density at radius 2 is 1.84 bits per heavy atom. The van der Waals surface area contributed by atoms with Crippen molar-refractivity contribution in [3.63, 3.8) is 0 Å². The molecule has 0 fully saturated rings. The van der Waals surface area contributed by atoms with Gasteiger partial charge in [-0.1, -0.05) is 24.3 Å². The number of rotatable bonds is 8. The molecule has 0 saturated heterocycles. The van der Waals surface area contributed by atoms with E-state index in [1.54, 1.807) is 14.2 Å². The summed E-state index contributed by atoms with van der Waals surface area (Å²) in [5.41, 5.74) is 3.34. The van der Waals surface area contributed by atoms with E-state index in [0.717, 1.165) is 12.1 Å². The van der Waals surface area contributed by atoms with E-state index in [0.29, 0.717) is 50.1 Å². The first-order valence-electron chi connectivity index (χ1n) is 10.3. The summed E-state index contributed by atoms with van der Waals surface area (Å²) < 4.78 is 10.9. The third kappa shape index (κ3) is 6.75. The van der Waals surface area contributed by atoms with Crippen LogP contribution in [0.15, 0.2) is 47.5 Å². The number of anilines is 1. The van der Waals surface area contributed by atoms with Crippen molar-refractivity contribution in [2.75, 3.05) is 32.6 Å². The lowest BCUT2D eigenvalue weighted by Crippen LogP contribution is -2.32. The standard InChI is InChI=1S/C23H30N4O3.HI/c1-4-30-20-12-11-19(14-21(20)29-3)26-23(24-2)25-13-7-10-22(28)27-15-17-8-5-6-9-18(17)16-27;/h5-6,8-9,11-12,14H,4,7,10,13,15-16H2,1-3H3,(H2,24,25,26);1H. The molecular formula is C23H31IN4O3. The Labute approximate surface area is 201 Å². The molecule has 1 aliphatic rings. The highest BCUT2D eigenvalue weighted by Crippen LogP contribution is 2.30. The van der Waals surface area contributed by atoms with Gasteiger partial charge in [-0.15, -0.1) is 24.0 Å². The van der Waals surface area contributed by atoms with E-state index in [1.807, 2.05) is 42.2 Å². The fraction of sp³-hybridized carbons (Fsp3) is 0.391. The summed E-state index contributed by atoms with van der Waals surface area (Å²) in [6.07, 6.45) is 1.24. The van der Waals surface area contributed by atoms with Crippen LogP contribution in [0.2, 0.25) is 0 Å². The molecule has 2 aromatic rings. The second-order valence-electron chi connectivity index (χ2n) is 7.04. The molecular weight excluding hydrogens is 507 g/mol. The van der Waals surface area contributed by atoms with Gasteiger partial charge in [-0.25, -0.2) is 0 Å². The summed E-state index contributed by atoms with van der Waals surface area (Å²) in [5.74, 6) is 2.19. The third-order valence-electron chi connectivity index (χ3n) is 5.00. The molecule has 31 heavy (non-hydrogen) atoms. The number of hydrogen-bond acceptors (Lipinski definition) is 4. The second-order valence-corrected chi connectivity index (χ2v) is 7.04. The molecule has 8 heteroatoms. The molecule has 168 valence electrons. The van der Waals surface area contributed by atoms with Crippen molar-refractivity contribution < 1.29 is 14.3 Å². The van der Waals surface area contributed by atoms with Crippen LogP contribution in [0.3, 0.4) is 0 Å². The zero-order valence-corrected chi connectivity index (χ0v) is 20.6. The van der Waals surface area contributed by atoms with Crippen LogP contribution in [-0.2, 0) is 17.9 Å². The van der Waals surface area contributed by atoms with Crippen LogP contribution >= 0.6 is 24.0 Å². The van der Waals surface area contributed by atoms with E-state index >= 15 is 0 Å². The van der Waals surface area contributed by atoms with Crippen molar-refractivity contribution in [2.45, 2.75) is 32.9 Å². The lowest BCUT2D eigenvalue weighted by Gasteiger charge is -2.16. The summed E-state index contributed by atoms with van der Waals surface area (Å²) in [6.45, 7) is 4.59. The summed E-state index contributed by atoms with van der Waals surface area (Å²) in [5, 5.41) is 6.49. The first-order chi connectivity index (χ1) is 14.6. The van der Waals surface area contributed by atoms with E-state index in [1.165, 1.54) is 11.1 Å². The molecule has 0 spiro atoms. The fourth-order valence-electron chi connectivity index (χ4n) is 3.45. The van der Waals surface area contributed by atoms with Crippen molar-refractivity contribution in [2.24, 2.45) is 4.99 Å². The van der Waals surface area contributed by atoms with E-state index < -0.39 is 0 Å². The van der Waals surface area contributed by atoms with Crippen molar-refractivity contribution in [3.05, 3.63) is 53.6 Å². The van der Waals surface area contributed by atoms with Gasteiger partial charge in [0.25, 0.3) is 0 Å². The molecule has 7 nitrogen and oxygen atoms in total. The maximum absolute atomic E-state index is 12.5. The van der Waals surface area contributed by atoms with Crippen molar-refractivity contribution in [1.82, 2.24) is 10.2 Å². The number of hydrogen-bond donors (Lipinski definition) is 2. The third-order valence-corrected chi connectivity index (χ3v) is 5.00. The van der Waals surface area contributed by atoms with Crippen LogP contribution in [0.4, 0.5) is 5.69 Å². The average molecular weight is 538 g/mol. The fourth-order valence-corrected chi connectivity index (χ4v) is 3.45. The monoisotopic (exact) mass is 538 g/mol. The van der Waals surface area contributed by atoms with Gasteiger partial charge in [-0.2, -0.15) is 0 Å². The SMILES string of the molecule is CCOc1ccc(NC(=NC)NCCCC(=O)N2Cc3ccccc3C2)cc1OC.I. The highest BCUT2D eigenvalue weighted by Gasteiger charge is 2.22. The number of carbonyl (C=O) groups is 1. The molecule has 0 unspecified atom stereocenters. The number of fused-ring (bicyclic) bond motifs is 1. The minimum atomic E-state index is 0. The molecule has 0 atom stereocenters. The van der Waals surface area contributed by atoms with Gasteiger partial charge in [0.15, 0.2) is 17.5 Å². The predicted molar refractivity (Wildman–Crippen MR) is 134 cm³/mol. The zero-order valence-electron chi connectivity index (χ0n) is 18.3. The Morgan fingerprint density at radius 1 is 1.13 bits per heavy atom. The summed E-state index contributed by atoms with van der Waals surface area (Å²) in [7, 11) is 3.33. The van der Waals surface area contributed by atoms with Crippen LogP contribution in [-0.4, -0.2) is 44.1 Å². The maximum atomic E-state index is 12.5. The topological polar surface area (TPSA) is 75.2 Å². The van der Waals surface area contributed by atoms with Crippen molar-refractivity contribution >= 4 is 41.5 Å². The van der Waals surface area contributed by atoms with Crippen LogP contribution in [0, 0.1) is 0 Å². The number of carbonyl (C=O) groups excluding carboxylic acids is 1. The molecule has 0 saturated carbocycles. The zero-order chi connectivity index (χ0) is 21.3. The quantitative estimate of drug-likeness (QED) is 0.230.